The van der Waals surface area contributed by atoms with Gasteiger partial charge in [0.05, 0.1) is 45.0 Å². The lowest BCUT2D eigenvalue weighted by molar-refractivity contribution is -0.288. The van der Waals surface area contributed by atoms with Crippen LogP contribution in [0.5, 0.6) is 0 Å². The molecule has 4 aromatic rings. The number of benzene rings is 4. The molecule has 0 N–H and O–H groups in total. The van der Waals surface area contributed by atoms with E-state index in [-0.39, 0.29) is 33.9 Å². The lowest BCUT2D eigenvalue weighted by Gasteiger charge is -2.38. The minimum atomic E-state index is -6.20. The SMILES string of the molecule is CC1=CC(=O)N(c2ccc(N3C(=O)c4ccc(C(c5ccc6c(c5)C(=O)N(c5ccc(N7C(=O)C=C(C)C7=O)cc5)C6=O)(C(F)(F)F)C(F)(F)F)cc4C3=O)cc2)C1=O. The molecule has 0 aliphatic carbocycles. The fourth-order valence-electron chi connectivity index (χ4n) is 7.57. The molecule has 0 spiro atoms. The summed E-state index contributed by atoms with van der Waals surface area (Å²) in [5, 5.41) is 0. The van der Waals surface area contributed by atoms with Crippen LogP contribution in [0.25, 0.3) is 0 Å². The zero-order valence-corrected chi connectivity index (χ0v) is 30.1. The highest BCUT2D eigenvalue weighted by atomic mass is 19.4. The van der Waals surface area contributed by atoms with E-state index in [4.69, 9.17) is 0 Å². The Labute approximate surface area is 327 Å². The molecule has 0 bridgehead atoms. The van der Waals surface area contributed by atoms with Crippen molar-refractivity contribution in [1.82, 2.24) is 0 Å². The summed E-state index contributed by atoms with van der Waals surface area (Å²) in [4.78, 5) is 106. The van der Waals surface area contributed by atoms with E-state index in [1.807, 2.05) is 0 Å². The zero-order valence-electron chi connectivity index (χ0n) is 30.1. The molecule has 0 unspecified atom stereocenters. The van der Waals surface area contributed by atoms with E-state index < -0.39 is 98.4 Å². The number of alkyl halides is 6. The van der Waals surface area contributed by atoms with Crippen LogP contribution in [0.3, 0.4) is 0 Å². The molecule has 0 aromatic heterocycles. The number of fused-ring (bicyclic) bond motifs is 2. The number of hydrogen-bond acceptors (Lipinski definition) is 8. The van der Waals surface area contributed by atoms with Gasteiger partial charge >= 0.3 is 12.4 Å². The van der Waals surface area contributed by atoms with Gasteiger partial charge in [0.15, 0.2) is 0 Å². The van der Waals surface area contributed by atoms with Crippen molar-refractivity contribution >= 4 is 70.0 Å². The van der Waals surface area contributed by atoms with Gasteiger partial charge in [-0.2, -0.15) is 26.3 Å². The number of amides is 8. The highest BCUT2D eigenvalue weighted by Gasteiger charge is 2.73. The molecule has 8 rings (SSSR count). The largest absolute Gasteiger partial charge is 0.411 e. The van der Waals surface area contributed by atoms with Crippen LogP contribution in [0.15, 0.2) is 108 Å². The van der Waals surface area contributed by atoms with Crippen LogP contribution in [0, 0.1) is 0 Å². The Morgan fingerprint density at radius 1 is 0.373 bits per heavy atom. The van der Waals surface area contributed by atoms with Gasteiger partial charge in [-0.05, 0) is 97.8 Å². The van der Waals surface area contributed by atoms with E-state index in [2.05, 4.69) is 0 Å². The molecule has 12 nitrogen and oxygen atoms in total. The molecule has 4 aromatic carbocycles. The van der Waals surface area contributed by atoms with Crippen LogP contribution in [0.4, 0.5) is 49.1 Å². The topological polar surface area (TPSA) is 150 Å². The molecule has 4 heterocycles. The maximum Gasteiger partial charge on any atom is 0.411 e. The maximum absolute atomic E-state index is 15.3. The molecule has 8 amide bonds. The summed E-state index contributed by atoms with van der Waals surface area (Å²) >= 11 is 0. The zero-order chi connectivity index (χ0) is 42.7. The van der Waals surface area contributed by atoms with Gasteiger partial charge in [-0.1, -0.05) is 12.1 Å². The molecular formula is C41H22F6N4O8. The van der Waals surface area contributed by atoms with E-state index >= 15 is 26.3 Å². The highest BCUT2D eigenvalue weighted by Crippen LogP contribution is 2.57. The first-order chi connectivity index (χ1) is 27.7. The second-order valence-corrected chi connectivity index (χ2v) is 13.8. The second-order valence-electron chi connectivity index (χ2n) is 13.8. The van der Waals surface area contributed by atoms with E-state index in [0.717, 1.165) is 46.2 Å². The summed E-state index contributed by atoms with van der Waals surface area (Å²) in [6.45, 7) is 2.83. The van der Waals surface area contributed by atoms with E-state index in [1.54, 1.807) is 0 Å². The molecule has 0 fully saturated rings. The number of nitrogens with zero attached hydrogens (tertiary/aromatic N) is 4. The summed E-state index contributed by atoms with van der Waals surface area (Å²) < 4.78 is 91.9. The number of carbonyl (C=O) groups is 8. The average Bonchev–Trinajstić information content (AvgIpc) is 3.78. The van der Waals surface area contributed by atoms with Gasteiger partial charge < -0.3 is 0 Å². The average molecular weight is 813 g/mol. The van der Waals surface area contributed by atoms with Crippen molar-refractivity contribution in [3.05, 3.63) is 142 Å². The highest BCUT2D eigenvalue weighted by molar-refractivity contribution is 6.36. The van der Waals surface area contributed by atoms with Crippen LogP contribution in [0.1, 0.15) is 66.4 Å². The van der Waals surface area contributed by atoms with Crippen LogP contribution in [-0.2, 0) is 24.6 Å². The van der Waals surface area contributed by atoms with E-state index in [1.165, 1.54) is 38.1 Å². The first kappa shape index (κ1) is 38.4. The Balaban J connectivity index is 1.15. The minimum Gasteiger partial charge on any atom is -0.269 e. The molecule has 0 atom stereocenters. The summed E-state index contributed by atoms with van der Waals surface area (Å²) in [5.41, 5.74) is -10.5. The smallest absolute Gasteiger partial charge is 0.269 e. The van der Waals surface area contributed by atoms with Crippen molar-refractivity contribution in [1.29, 1.82) is 0 Å². The predicted molar refractivity (Wildman–Crippen MR) is 193 cm³/mol. The fraction of sp³-hybridized carbons (Fsp3) is 0.122. The normalized spacial score (nSPS) is 17.2. The molecule has 0 saturated carbocycles. The third-order valence-corrected chi connectivity index (χ3v) is 10.4. The summed E-state index contributed by atoms with van der Waals surface area (Å²) in [6, 6.07) is 12.2. The van der Waals surface area contributed by atoms with Crippen LogP contribution >= 0.6 is 0 Å². The molecule has 18 heteroatoms. The van der Waals surface area contributed by atoms with Gasteiger partial charge in [-0.25, -0.2) is 19.6 Å². The monoisotopic (exact) mass is 812 g/mol. The van der Waals surface area contributed by atoms with Crippen molar-refractivity contribution < 1.29 is 64.7 Å². The number of rotatable bonds is 6. The minimum absolute atomic E-state index is 0.0622. The van der Waals surface area contributed by atoms with Gasteiger partial charge in [0.2, 0.25) is 5.41 Å². The molecule has 4 aliphatic heterocycles. The molecule has 296 valence electrons. The number of halogens is 6. The van der Waals surface area contributed by atoms with Crippen molar-refractivity contribution in [3.63, 3.8) is 0 Å². The first-order valence-electron chi connectivity index (χ1n) is 17.2. The quantitative estimate of drug-likeness (QED) is 0.162. The Kier molecular flexibility index (Phi) is 8.30. The van der Waals surface area contributed by atoms with Gasteiger partial charge in [0, 0.05) is 23.3 Å². The van der Waals surface area contributed by atoms with Crippen molar-refractivity contribution in [2.45, 2.75) is 31.6 Å². The lowest BCUT2D eigenvalue weighted by Crippen LogP contribution is -2.55. The van der Waals surface area contributed by atoms with E-state index in [0.29, 0.717) is 46.2 Å². The van der Waals surface area contributed by atoms with Gasteiger partial charge in [0.25, 0.3) is 47.3 Å². The molecule has 0 radical (unpaired) electrons. The van der Waals surface area contributed by atoms with Crippen LogP contribution in [0.2, 0.25) is 0 Å². The first-order valence-corrected chi connectivity index (χ1v) is 17.2. The second kappa shape index (κ2) is 12.8. The third-order valence-electron chi connectivity index (χ3n) is 10.4. The van der Waals surface area contributed by atoms with Gasteiger partial charge in [-0.15, -0.1) is 0 Å². The number of hydrogen-bond donors (Lipinski definition) is 0. The Morgan fingerprint density at radius 2 is 0.661 bits per heavy atom. The van der Waals surface area contributed by atoms with Crippen LogP contribution < -0.4 is 19.6 Å². The predicted octanol–water partition coefficient (Wildman–Crippen LogP) is 6.34. The molecule has 4 aliphatic rings. The molecular weight excluding hydrogens is 790 g/mol. The molecule has 59 heavy (non-hydrogen) atoms. The standard InChI is InChI=1S/C41H22F6N4O8/c1-19-15-31(52)48(33(19)54)23-5-9-25(10-6-23)50-35(56)27-13-3-21(17-29(27)37(50)58)39(40(42,43)44,41(45,46)47)22-4-14-28-30(18-22)38(59)51(36(28)57)26-11-7-24(8-12-26)49-32(53)16-20(2)34(49)55/h3-18H,1-2H3. The van der Waals surface area contributed by atoms with Crippen molar-refractivity contribution in [3.8, 4) is 0 Å². The maximum atomic E-state index is 15.3. The fourth-order valence-corrected chi connectivity index (χ4v) is 7.57. The summed E-state index contributed by atoms with van der Waals surface area (Å²) in [5.74, 6) is -7.27. The molecule has 0 saturated heterocycles. The number of imide groups is 4. The summed E-state index contributed by atoms with van der Waals surface area (Å²) in [6.07, 6.45) is -10.2. The Morgan fingerprint density at radius 3 is 0.932 bits per heavy atom. The summed E-state index contributed by atoms with van der Waals surface area (Å²) in [7, 11) is 0. The number of anilines is 4. The van der Waals surface area contributed by atoms with Crippen molar-refractivity contribution in [2.24, 2.45) is 0 Å². The van der Waals surface area contributed by atoms with Gasteiger partial charge in [0.1, 0.15) is 0 Å². The van der Waals surface area contributed by atoms with E-state index in [9.17, 15) is 38.4 Å². The Hall–Kier alpha value is -7.50. The van der Waals surface area contributed by atoms with Gasteiger partial charge in [-0.3, -0.25) is 38.4 Å². The number of carbonyl (C=O) groups excluding carboxylic acids is 8. The Bertz CT molecular complexity index is 2550. The van der Waals surface area contributed by atoms with Crippen LogP contribution in [-0.4, -0.2) is 59.6 Å². The lowest BCUT2D eigenvalue weighted by atomic mass is 9.71. The third kappa shape index (κ3) is 5.39. The van der Waals surface area contributed by atoms with Crippen molar-refractivity contribution in [2.75, 3.05) is 19.6 Å².